The Bertz CT molecular complexity index is 596. The first-order chi connectivity index (χ1) is 8.49. The maximum absolute atomic E-state index is 12.8. The first-order valence-electron chi connectivity index (χ1n) is 5.84. The van der Waals surface area contributed by atoms with Crippen LogP contribution in [0.5, 0.6) is 0 Å². The first-order valence-corrected chi connectivity index (χ1v) is 5.84. The zero-order chi connectivity index (χ0) is 13.3. The fourth-order valence-electron chi connectivity index (χ4n) is 1.83. The third-order valence-electron chi connectivity index (χ3n) is 2.70. The van der Waals surface area contributed by atoms with Crippen molar-refractivity contribution in [1.29, 1.82) is 0 Å². The monoisotopic (exact) mass is 249 g/mol. The van der Waals surface area contributed by atoms with Crippen LogP contribution in [0.4, 0.5) is 10.1 Å². The van der Waals surface area contributed by atoms with Gasteiger partial charge in [0, 0.05) is 0 Å². The van der Waals surface area contributed by atoms with Crippen LogP contribution in [-0.2, 0) is 6.42 Å². The molecule has 2 rings (SSSR count). The molecule has 1 heterocycles. The average molecular weight is 249 g/mol. The summed E-state index contributed by atoms with van der Waals surface area (Å²) < 4.78 is 14.2. The molecular weight excluding hydrogens is 233 g/mol. The molecule has 3 N–H and O–H groups in total. The summed E-state index contributed by atoms with van der Waals surface area (Å²) in [6.45, 7) is 4.10. The van der Waals surface area contributed by atoms with Gasteiger partial charge in [0.2, 0.25) is 0 Å². The van der Waals surface area contributed by atoms with Crippen molar-refractivity contribution in [2.24, 2.45) is 5.92 Å². The van der Waals surface area contributed by atoms with Crippen molar-refractivity contribution in [1.82, 2.24) is 9.78 Å². The van der Waals surface area contributed by atoms with E-state index in [1.165, 1.54) is 28.9 Å². The summed E-state index contributed by atoms with van der Waals surface area (Å²) in [5, 5.41) is 2.97. The number of nitrogens with one attached hydrogen (secondary N) is 1. The molecule has 0 bridgehead atoms. The van der Waals surface area contributed by atoms with Crippen molar-refractivity contribution in [2.75, 3.05) is 5.73 Å². The van der Waals surface area contributed by atoms with Crippen LogP contribution in [0.3, 0.4) is 0 Å². The van der Waals surface area contributed by atoms with Gasteiger partial charge in [0.15, 0.2) is 0 Å². The molecule has 96 valence electrons. The van der Waals surface area contributed by atoms with Crippen LogP contribution in [0.2, 0.25) is 0 Å². The minimum atomic E-state index is -0.339. The Hall–Kier alpha value is -2.04. The highest BCUT2D eigenvalue weighted by atomic mass is 19.1. The Balaban J connectivity index is 2.46. The molecule has 5 heteroatoms. The third-order valence-corrected chi connectivity index (χ3v) is 2.70. The number of nitrogens with two attached hydrogens (primary N) is 1. The highest BCUT2D eigenvalue weighted by molar-refractivity contribution is 5.44. The van der Waals surface area contributed by atoms with E-state index in [-0.39, 0.29) is 17.1 Å². The minimum absolute atomic E-state index is 0.230. The number of nitrogen functional groups attached to an aromatic ring is 1. The van der Waals surface area contributed by atoms with Gasteiger partial charge in [0.1, 0.15) is 11.5 Å². The van der Waals surface area contributed by atoms with E-state index in [0.29, 0.717) is 18.0 Å². The van der Waals surface area contributed by atoms with Crippen LogP contribution in [0.1, 0.15) is 19.5 Å². The second-order valence-electron chi connectivity index (χ2n) is 4.72. The highest BCUT2D eigenvalue weighted by Crippen LogP contribution is 2.13. The number of halogens is 1. The maximum Gasteiger partial charge on any atom is 0.294 e. The average Bonchev–Trinajstić information content (AvgIpc) is 2.58. The smallest absolute Gasteiger partial charge is 0.294 e. The molecule has 0 aliphatic heterocycles. The van der Waals surface area contributed by atoms with E-state index in [2.05, 4.69) is 5.10 Å². The van der Waals surface area contributed by atoms with Crippen molar-refractivity contribution in [3.05, 3.63) is 46.1 Å². The van der Waals surface area contributed by atoms with Gasteiger partial charge in [-0.25, -0.2) is 9.07 Å². The van der Waals surface area contributed by atoms with Gasteiger partial charge in [-0.05, 0) is 36.6 Å². The van der Waals surface area contributed by atoms with Crippen LogP contribution in [0, 0.1) is 11.7 Å². The summed E-state index contributed by atoms with van der Waals surface area (Å²) in [5.41, 5.74) is 7.01. The topological polar surface area (TPSA) is 63.8 Å². The third kappa shape index (κ3) is 2.30. The SMILES string of the molecule is CC(C)Cc1[nH]n(-c2ccc(F)cc2)c(=O)c1N. The quantitative estimate of drug-likeness (QED) is 0.874. The van der Waals surface area contributed by atoms with Gasteiger partial charge >= 0.3 is 0 Å². The molecule has 0 atom stereocenters. The van der Waals surface area contributed by atoms with E-state index in [4.69, 9.17) is 5.73 Å². The zero-order valence-corrected chi connectivity index (χ0v) is 10.4. The van der Waals surface area contributed by atoms with Crippen LogP contribution < -0.4 is 11.3 Å². The summed E-state index contributed by atoms with van der Waals surface area (Å²) in [4.78, 5) is 12.0. The molecule has 1 aromatic heterocycles. The second-order valence-corrected chi connectivity index (χ2v) is 4.72. The van der Waals surface area contributed by atoms with E-state index in [0.717, 1.165) is 5.69 Å². The van der Waals surface area contributed by atoms with Gasteiger partial charge in [0.25, 0.3) is 5.56 Å². The van der Waals surface area contributed by atoms with E-state index in [1.54, 1.807) is 0 Å². The number of aromatic amines is 1. The molecule has 0 aliphatic carbocycles. The number of hydrogen-bond donors (Lipinski definition) is 2. The molecule has 1 aromatic carbocycles. The lowest BCUT2D eigenvalue weighted by atomic mass is 10.1. The summed E-state index contributed by atoms with van der Waals surface area (Å²) in [6.07, 6.45) is 0.704. The van der Waals surface area contributed by atoms with Gasteiger partial charge in [-0.2, -0.15) is 0 Å². The Kier molecular flexibility index (Phi) is 3.23. The minimum Gasteiger partial charge on any atom is -0.393 e. The number of anilines is 1. The fourth-order valence-corrected chi connectivity index (χ4v) is 1.83. The van der Waals surface area contributed by atoms with Crippen molar-refractivity contribution in [3.8, 4) is 5.69 Å². The van der Waals surface area contributed by atoms with Crippen molar-refractivity contribution >= 4 is 5.69 Å². The van der Waals surface area contributed by atoms with E-state index < -0.39 is 0 Å². The van der Waals surface area contributed by atoms with Crippen LogP contribution in [0.25, 0.3) is 5.69 Å². The van der Waals surface area contributed by atoms with Crippen LogP contribution in [-0.4, -0.2) is 9.78 Å². The molecule has 0 spiro atoms. The Morgan fingerprint density at radius 1 is 1.33 bits per heavy atom. The van der Waals surface area contributed by atoms with Crippen LogP contribution >= 0.6 is 0 Å². The molecule has 4 nitrogen and oxygen atoms in total. The Morgan fingerprint density at radius 2 is 1.94 bits per heavy atom. The second kappa shape index (κ2) is 4.68. The molecule has 0 radical (unpaired) electrons. The predicted molar refractivity (Wildman–Crippen MR) is 69.3 cm³/mol. The Morgan fingerprint density at radius 3 is 2.50 bits per heavy atom. The summed E-state index contributed by atoms with van der Waals surface area (Å²) in [5.74, 6) is 0.0562. The van der Waals surface area contributed by atoms with E-state index in [1.807, 2.05) is 13.8 Å². The number of benzene rings is 1. The number of H-pyrrole nitrogens is 1. The molecule has 18 heavy (non-hydrogen) atoms. The van der Waals surface area contributed by atoms with Gasteiger partial charge in [-0.1, -0.05) is 13.8 Å². The lowest BCUT2D eigenvalue weighted by Crippen LogP contribution is -2.16. The molecule has 0 amide bonds. The van der Waals surface area contributed by atoms with Gasteiger partial charge in [-0.15, -0.1) is 0 Å². The molecular formula is C13H16FN3O. The maximum atomic E-state index is 12.8. The first kappa shape index (κ1) is 12.4. The lowest BCUT2D eigenvalue weighted by Gasteiger charge is -2.03. The predicted octanol–water partition coefficient (Wildman–Crippen LogP) is 2.09. The summed E-state index contributed by atoms with van der Waals surface area (Å²) in [6, 6.07) is 5.68. The lowest BCUT2D eigenvalue weighted by molar-refractivity contribution is 0.624. The molecule has 0 aliphatic rings. The van der Waals surface area contributed by atoms with E-state index in [9.17, 15) is 9.18 Å². The fraction of sp³-hybridized carbons (Fsp3) is 0.308. The molecule has 0 fully saturated rings. The van der Waals surface area contributed by atoms with Crippen molar-refractivity contribution in [3.63, 3.8) is 0 Å². The molecule has 0 saturated heterocycles. The standard InChI is InChI=1S/C13H16FN3O/c1-8(2)7-11-12(15)13(18)17(16-11)10-5-3-9(14)4-6-10/h3-6,8,16H,7,15H2,1-2H3. The Labute approximate surface area is 104 Å². The number of hydrogen-bond acceptors (Lipinski definition) is 2. The summed E-state index contributed by atoms with van der Waals surface area (Å²) >= 11 is 0. The highest BCUT2D eigenvalue weighted by Gasteiger charge is 2.13. The normalized spacial score (nSPS) is 11.1. The molecule has 2 aromatic rings. The number of nitrogens with zero attached hydrogens (tertiary/aromatic N) is 1. The van der Waals surface area contributed by atoms with Gasteiger partial charge in [0.05, 0.1) is 11.4 Å². The number of rotatable bonds is 3. The molecule has 0 unspecified atom stereocenters. The largest absolute Gasteiger partial charge is 0.393 e. The zero-order valence-electron chi connectivity index (χ0n) is 10.4. The van der Waals surface area contributed by atoms with Crippen molar-refractivity contribution in [2.45, 2.75) is 20.3 Å². The van der Waals surface area contributed by atoms with E-state index >= 15 is 0 Å². The summed E-state index contributed by atoms with van der Waals surface area (Å²) in [7, 11) is 0. The number of aromatic nitrogens is 2. The van der Waals surface area contributed by atoms with Gasteiger partial charge < -0.3 is 5.73 Å². The van der Waals surface area contributed by atoms with Crippen molar-refractivity contribution < 1.29 is 4.39 Å². The van der Waals surface area contributed by atoms with Crippen LogP contribution in [0.15, 0.2) is 29.1 Å². The van der Waals surface area contributed by atoms with Gasteiger partial charge in [-0.3, -0.25) is 9.89 Å². The molecule has 0 saturated carbocycles.